The number of aromatic nitrogens is 1. The normalized spacial score (nSPS) is 26.8. The summed E-state index contributed by atoms with van der Waals surface area (Å²) in [4.78, 5) is 8.91. The fourth-order valence-electron chi connectivity index (χ4n) is 3.25. The summed E-state index contributed by atoms with van der Waals surface area (Å²) in [7, 11) is 4.28. The van der Waals surface area contributed by atoms with E-state index in [4.69, 9.17) is 4.98 Å². The molecule has 0 radical (unpaired) electrons. The summed E-state index contributed by atoms with van der Waals surface area (Å²) in [5.41, 5.74) is 1.38. The maximum atomic E-state index is 4.99. The Morgan fingerprint density at radius 2 is 1.90 bits per heavy atom. The average molecular weight is 293 g/mol. The molecular weight excluding hydrogens is 266 g/mol. The van der Waals surface area contributed by atoms with Crippen LogP contribution >= 0.6 is 11.3 Å². The maximum absolute atomic E-state index is 4.99. The van der Waals surface area contributed by atoms with Crippen molar-refractivity contribution in [1.29, 1.82) is 0 Å². The van der Waals surface area contributed by atoms with Crippen molar-refractivity contribution in [3.8, 4) is 0 Å². The van der Waals surface area contributed by atoms with Gasteiger partial charge in [0.25, 0.3) is 0 Å². The number of nitrogens with one attached hydrogen (secondary N) is 1. The quantitative estimate of drug-likeness (QED) is 0.896. The van der Waals surface area contributed by atoms with Gasteiger partial charge in [-0.1, -0.05) is 6.92 Å². The number of hydrogen-bond acceptors (Lipinski definition) is 4. The summed E-state index contributed by atoms with van der Waals surface area (Å²) < 4.78 is 0. The first-order chi connectivity index (χ1) is 9.69. The Morgan fingerprint density at radius 1 is 1.20 bits per heavy atom. The lowest BCUT2D eigenvalue weighted by Gasteiger charge is -2.33. The average Bonchev–Trinajstić information content (AvgIpc) is 3.21. The Balaban J connectivity index is 1.73. The van der Waals surface area contributed by atoms with Crippen molar-refractivity contribution in [2.24, 2.45) is 5.92 Å². The topological polar surface area (TPSA) is 28.2 Å². The first-order valence-electron chi connectivity index (χ1n) is 8.06. The molecule has 1 aromatic heterocycles. The lowest BCUT2D eigenvalue weighted by atomic mass is 9.87. The summed E-state index contributed by atoms with van der Waals surface area (Å²) in [5, 5.41) is 4.54. The van der Waals surface area contributed by atoms with Crippen LogP contribution in [0.2, 0.25) is 0 Å². The van der Waals surface area contributed by atoms with Crippen LogP contribution in [0.4, 0.5) is 5.13 Å². The number of rotatable bonds is 5. The highest BCUT2D eigenvalue weighted by molar-refractivity contribution is 7.15. The lowest BCUT2D eigenvalue weighted by Crippen LogP contribution is -2.34. The molecule has 4 heteroatoms. The minimum atomic E-state index is 0.701. The van der Waals surface area contributed by atoms with Gasteiger partial charge in [0, 0.05) is 30.4 Å². The minimum absolute atomic E-state index is 0.701. The third kappa shape index (κ3) is 3.01. The van der Waals surface area contributed by atoms with E-state index in [1.807, 2.05) is 18.4 Å². The molecule has 0 aliphatic heterocycles. The summed E-state index contributed by atoms with van der Waals surface area (Å²) in [5.74, 6) is 1.67. The van der Waals surface area contributed by atoms with Gasteiger partial charge < -0.3 is 10.2 Å². The second kappa shape index (κ2) is 6.02. The molecule has 0 spiro atoms. The fourth-order valence-corrected chi connectivity index (χ4v) is 4.44. The Bertz CT molecular complexity index is 445. The van der Waals surface area contributed by atoms with Crippen molar-refractivity contribution in [2.75, 3.05) is 19.0 Å². The fraction of sp³-hybridized carbons (Fsp3) is 0.812. The Kier molecular flexibility index (Phi) is 4.32. The number of hydrogen-bond donors (Lipinski definition) is 1. The number of thiazole rings is 1. The van der Waals surface area contributed by atoms with Crippen LogP contribution in [0, 0.1) is 5.92 Å². The zero-order chi connectivity index (χ0) is 14.1. The van der Waals surface area contributed by atoms with Crippen LogP contribution in [0.15, 0.2) is 0 Å². The van der Waals surface area contributed by atoms with Gasteiger partial charge >= 0.3 is 0 Å². The summed E-state index contributed by atoms with van der Waals surface area (Å²) in [6.45, 7) is 3.36. The summed E-state index contributed by atoms with van der Waals surface area (Å²) in [6.07, 6.45) is 8.09. The molecule has 0 atom stereocenters. The van der Waals surface area contributed by atoms with E-state index >= 15 is 0 Å². The van der Waals surface area contributed by atoms with Gasteiger partial charge in [-0.05, 0) is 51.5 Å². The second-order valence-electron chi connectivity index (χ2n) is 6.63. The van der Waals surface area contributed by atoms with Gasteiger partial charge in [-0.25, -0.2) is 4.98 Å². The van der Waals surface area contributed by atoms with E-state index in [-0.39, 0.29) is 0 Å². The SMILES string of the molecule is CNCc1sc(N(C)C2CCC(C)CC2)nc1C1CC1. The zero-order valence-corrected chi connectivity index (χ0v) is 13.8. The molecule has 3 rings (SSSR count). The Labute approximate surface area is 126 Å². The van der Waals surface area contributed by atoms with E-state index in [0.717, 1.165) is 18.4 Å². The molecule has 1 aromatic rings. The predicted molar refractivity (Wildman–Crippen MR) is 86.7 cm³/mol. The van der Waals surface area contributed by atoms with E-state index in [0.29, 0.717) is 6.04 Å². The van der Waals surface area contributed by atoms with E-state index in [1.165, 1.54) is 54.2 Å². The molecule has 2 aliphatic rings. The van der Waals surface area contributed by atoms with Crippen LogP contribution in [0.5, 0.6) is 0 Å². The number of nitrogens with zero attached hydrogens (tertiary/aromatic N) is 2. The van der Waals surface area contributed by atoms with E-state index in [9.17, 15) is 0 Å². The molecule has 2 saturated carbocycles. The van der Waals surface area contributed by atoms with Gasteiger partial charge in [-0.2, -0.15) is 0 Å². The molecule has 0 saturated heterocycles. The standard InChI is InChI=1S/C16H27N3S/c1-11-4-8-13(9-5-11)19(3)16-18-15(12-6-7-12)14(20-16)10-17-2/h11-13,17H,4-10H2,1-3H3. The van der Waals surface area contributed by atoms with Gasteiger partial charge in [-0.15, -0.1) is 11.3 Å². The van der Waals surface area contributed by atoms with E-state index in [2.05, 4.69) is 24.2 Å². The molecule has 2 aliphatic carbocycles. The van der Waals surface area contributed by atoms with Crippen molar-refractivity contribution in [2.45, 2.75) is 64.0 Å². The van der Waals surface area contributed by atoms with Gasteiger partial charge in [0.05, 0.1) is 5.69 Å². The van der Waals surface area contributed by atoms with Crippen LogP contribution in [0.3, 0.4) is 0 Å². The summed E-state index contributed by atoms with van der Waals surface area (Å²) >= 11 is 1.91. The molecule has 0 bridgehead atoms. The Morgan fingerprint density at radius 3 is 2.50 bits per heavy atom. The molecule has 112 valence electrons. The van der Waals surface area contributed by atoms with Crippen LogP contribution in [0.1, 0.15) is 61.9 Å². The Hall–Kier alpha value is -0.610. The highest BCUT2D eigenvalue weighted by atomic mass is 32.1. The highest BCUT2D eigenvalue weighted by Gasteiger charge is 2.31. The van der Waals surface area contributed by atoms with Crippen LogP contribution in [-0.2, 0) is 6.54 Å². The highest BCUT2D eigenvalue weighted by Crippen LogP contribution is 2.44. The van der Waals surface area contributed by atoms with Crippen molar-refractivity contribution >= 4 is 16.5 Å². The predicted octanol–water partition coefficient (Wildman–Crippen LogP) is 3.75. The third-order valence-corrected chi connectivity index (χ3v) is 6.01. The van der Waals surface area contributed by atoms with Crippen molar-refractivity contribution in [1.82, 2.24) is 10.3 Å². The van der Waals surface area contributed by atoms with Gasteiger partial charge in [-0.3, -0.25) is 0 Å². The molecule has 2 fully saturated rings. The lowest BCUT2D eigenvalue weighted by molar-refractivity contribution is 0.340. The maximum Gasteiger partial charge on any atom is 0.185 e. The first-order valence-corrected chi connectivity index (χ1v) is 8.87. The largest absolute Gasteiger partial charge is 0.348 e. The molecule has 0 unspecified atom stereocenters. The molecule has 3 nitrogen and oxygen atoms in total. The smallest absolute Gasteiger partial charge is 0.185 e. The monoisotopic (exact) mass is 293 g/mol. The van der Waals surface area contributed by atoms with Crippen molar-refractivity contribution in [3.63, 3.8) is 0 Å². The molecule has 1 N–H and O–H groups in total. The molecular formula is C16H27N3S. The van der Waals surface area contributed by atoms with Gasteiger partial charge in [0.2, 0.25) is 0 Å². The molecule has 0 aromatic carbocycles. The molecule has 1 heterocycles. The number of anilines is 1. The second-order valence-corrected chi connectivity index (χ2v) is 7.70. The summed E-state index contributed by atoms with van der Waals surface area (Å²) in [6, 6.07) is 0.701. The minimum Gasteiger partial charge on any atom is -0.348 e. The molecule has 20 heavy (non-hydrogen) atoms. The first kappa shape index (κ1) is 14.3. The van der Waals surface area contributed by atoms with Crippen LogP contribution < -0.4 is 10.2 Å². The van der Waals surface area contributed by atoms with Crippen LogP contribution in [-0.4, -0.2) is 25.1 Å². The van der Waals surface area contributed by atoms with Crippen LogP contribution in [0.25, 0.3) is 0 Å². The van der Waals surface area contributed by atoms with Gasteiger partial charge in [0.15, 0.2) is 5.13 Å². The van der Waals surface area contributed by atoms with Crippen molar-refractivity contribution in [3.05, 3.63) is 10.6 Å². The molecule has 0 amide bonds. The van der Waals surface area contributed by atoms with Crippen molar-refractivity contribution < 1.29 is 0 Å². The van der Waals surface area contributed by atoms with Gasteiger partial charge in [0.1, 0.15) is 0 Å². The zero-order valence-electron chi connectivity index (χ0n) is 13.0. The van der Waals surface area contributed by atoms with E-state index in [1.54, 1.807) is 0 Å². The van der Waals surface area contributed by atoms with E-state index < -0.39 is 0 Å². The third-order valence-electron chi connectivity index (χ3n) is 4.85.